The second-order valence-electron chi connectivity index (χ2n) is 5.82. The minimum absolute atomic E-state index is 0.203. The first-order valence-electron chi connectivity index (χ1n) is 8.46. The van der Waals surface area contributed by atoms with Gasteiger partial charge in [-0.3, -0.25) is 9.59 Å². The molecule has 0 fully saturated rings. The molecule has 0 saturated heterocycles. The standard InChI is InChI=1S/C20H17BrClNO5/c1-26-19-13(6-7-14(21)20(19)27-9-3-8-23-11-24)17-10-16(25)12-4-2-5-15(22)18(12)28-17/h2,4-7,10-11H,3,8-9H2,1H3,(H,23,24). The highest BCUT2D eigenvalue weighted by Crippen LogP contribution is 2.43. The zero-order valence-corrected chi connectivity index (χ0v) is 17.3. The van der Waals surface area contributed by atoms with Gasteiger partial charge in [-0.25, -0.2) is 0 Å². The van der Waals surface area contributed by atoms with Crippen LogP contribution in [0.1, 0.15) is 6.42 Å². The van der Waals surface area contributed by atoms with Crippen molar-refractivity contribution in [2.24, 2.45) is 0 Å². The molecule has 0 aliphatic heterocycles. The largest absolute Gasteiger partial charge is 0.492 e. The summed E-state index contributed by atoms with van der Waals surface area (Å²) in [6.45, 7) is 0.869. The van der Waals surface area contributed by atoms with E-state index in [1.807, 2.05) is 0 Å². The molecular weight excluding hydrogens is 450 g/mol. The number of rotatable bonds is 8. The number of carbonyl (C=O) groups excluding carboxylic acids is 1. The van der Waals surface area contributed by atoms with Crippen molar-refractivity contribution >= 4 is 44.9 Å². The van der Waals surface area contributed by atoms with E-state index in [2.05, 4.69) is 21.2 Å². The average molecular weight is 467 g/mol. The van der Waals surface area contributed by atoms with E-state index in [9.17, 15) is 9.59 Å². The SMILES string of the molecule is COc1c(-c2cc(=O)c3cccc(Cl)c3o2)ccc(Br)c1OCCCNC=O. The molecule has 28 heavy (non-hydrogen) atoms. The minimum Gasteiger partial charge on any atom is -0.492 e. The summed E-state index contributed by atoms with van der Waals surface area (Å²) in [6.07, 6.45) is 1.27. The maximum absolute atomic E-state index is 12.5. The van der Waals surface area contributed by atoms with Crippen LogP contribution in [-0.4, -0.2) is 26.7 Å². The fourth-order valence-corrected chi connectivity index (χ4v) is 3.39. The molecule has 0 atom stereocenters. The highest BCUT2D eigenvalue weighted by molar-refractivity contribution is 9.10. The summed E-state index contributed by atoms with van der Waals surface area (Å²) in [4.78, 5) is 22.8. The Morgan fingerprint density at radius 1 is 1.25 bits per heavy atom. The molecular formula is C20H17BrClNO5. The molecule has 0 spiro atoms. The van der Waals surface area contributed by atoms with E-state index >= 15 is 0 Å². The van der Waals surface area contributed by atoms with E-state index in [1.165, 1.54) is 13.2 Å². The summed E-state index contributed by atoms with van der Waals surface area (Å²) in [6, 6.07) is 9.99. The number of amides is 1. The van der Waals surface area contributed by atoms with E-state index in [4.69, 9.17) is 25.5 Å². The first-order chi connectivity index (χ1) is 13.6. The van der Waals surface area contributed by atoms with Crippen LogP contribution in [0.5, 0.6) is 11.5 Å². The lowest BCUT2D eigenvalue weighted by molar-refractivity contribution is -0.109. The molecule has 1 N–H and O–H groups in total. The van der Waals surface area contributed by atoms with Crippen LogP contribution in [0.25, 0.3) is 22.3 Å². The highest BCUT2D eigenvalue weighted by atomic mass is 79.9. The Labute approximate surface area is 174 Å². The molecule has 2 aromatic carbocycles. The average Bonchev–Trinajstić information content (AvgIpc) is 2.69. The zero-order valence-electron chi connectivity index (χ0n) is 15.0. The van der Waals surface area contributed by atoms with Crippen molar-refractivity contribution in [1.82, 2.24) is 5.32 Å². The zero-order chi connectivity index (χ0) is 20.1. The summed E-state index contributed by atoms with van der Waals surface area (Å²) < 4.78 is 18.0. The second-order valence-corrected chi connectivity index (χ2v) is 7.08. The Kier molecular flexibility index (Phi) is 6.59. The van der Waals surface area contributed by atoms with Gasteiger partial charge in [0.15, 0.2) is 22.5 Å². The number of hydrogen-bond donors (Lipinski definition) is 1. The van der Waals surface area contributed by atoms with E-state index in [0.717, 1.165) is 0 Å². The normalized spacial score (nSPS) is 10.7. The van der Waals surface area contributed by atoms with Gasteiger partial charge in [-0.2, -0.15) is 0 Å². The molecule has 0 unspecified atom stereocenters. The fraction of sp³-hybridized carbons (Fsp3) is 0.200. The maximum atomic E-state index is 12.5. The van der Waals surface area contributed by atoms with Crippen molar-refractivity contribution in [1.29, 1.82) is 0 Å². The summed E-state index contributed by atoms with van der Waals surface area (Å²) in [7, 11) is 1.51. The second kappa shape index (κ2) is 9.12. The summed E-state index contributed by atoms with van der Waals surface area (Å²) in [5.74, 6) is 1.22. The van der Waals surface area contributed by atoms with Crippen LogP contribution < -0.4 is 20.2 Å². The molecule has 1 aromatic heterocycles. The number of hydrogen-bond acceptors (Lipinski definition) is 5. The molecule has 1 amide bonds. The summed E-state index contributed by atoms with van der Waals surface area (Å²) >= 11 is 9.66. The van der Waals surface area contributed by atoms with E-state index in [0.29, 0.717) is 69.3 Å². The monoisotopic (exact) mass is 465 g/mol. The van der Waals surface area contributed by atoms with E-state index in [-0.39, 0.29) is 5.43 Å². The molecule has 1 heterocycles. The first kappa shape index (κ1) is 20.2. The number of fused-ring (bicyclic) bond motifs is 1. The number of benzene rings is 2. The van der Waals surface area contributed by atoms with Gasteiger partial charge in [0.1, 0.15) is 5.76 Å². The molecule has 8 heteroatoms. The third kappa shape index (κ3) is 4.15. The van der Waals surface area contributed by atoms with Crippen LogP contribution in [0, 0.1) is 0 Å². The molecule has 3 rings (SSSR count). The quantitative estimate of drug-likeness (QED) is 0.393. The Balaban J connectivity index is 2.04. The number of nitrogens with one attached hydrogen (secondary N) is 1. The molecule has 146 valence electrons. The predicted molar refractivity (Wildman–Crippen MR) is 111 cm³/mol. The van der Waals surface area contributed by atoms with Crippen LogP contribution in [-0.2, 0) is 4.79 Å². The van der Waals surface area contributed by atoms with Crippen LogP contribution >= 0.6 is 27.5 Å². The lowest BCUT2D eigenvalue weighted by atomic mass is 10.1. The number of carbonyl (C=O) groups is 1. The van der Waals surface area contributed by atoms with Gasteiger partial charge >= 0.3 is 0 Å². The Morgan fingerprint density at radius 3 is 2.82 bits per heavy atom. The van der Waals surface area contributed by atoms with Gasteiger partial charge in [0.05, 0.1) is 34.2 Å². The first-order valence-corrected chi connectivity index (χ1v) is 9.63. The van der Waals surface area contributed by atoms with Crippen LogP contribution in [0.4, 0.5) is 0 Å². The number of methoxy groups -OCH3 is 1. The van der Waals surface area contributed by atoms with E-state index < -0.39 is 0 Å². The Morgan fingerprint density at radius 2 is 2.07 bits per heavy atom. The minimum atomic E-state index is -0.203. The van der Waals surface area contributed by atoms with Gasteiger partial charge in [-0.05, 0) is 46.6 Å². The van der Waals surface area contributed by atoms with Crippen molar-refractivity contribution in [3.05, 3.63) is 56.1 Å². The van der Waals surface area contributed by atoms with Gasteiger partial charge in [-0.15, -0.1) is 0 Å². The van der Waals surface area contributed by atoms with Crippen molar-refractivity contribution < 1.29 is 18.7 Å². The van der Waals surface area contributed by atoms with Gasteiger partial charge in [0.2, 0.25) is 6.41 Å². The van der Waals surface area contributed by atoms with Gasteiger partial charge in [-0.1, -0.05) is 17.7 Å². The maximum Gasteiger partial charge on any atom is 0.207 e. The van der Waals surface area contributed by atoms with Crippen LogP contribution in [0.15, 0.2) is 50.1 Å². The van der Waals surface area contributed by atoms with Gasteiger partial charge < -0.3 is 19.2 Å². The van der Waals surface area contributed by atoms with Crippen molar-refractivity contribution in [3.63, 3.8) is 0 Å². The third-order valence-corrected chi connectivity index (χ3v) is 4.96. The molecule has 0 bridgehead atoms. The highest BCUT2D eigenvalue weighted by Gasteiger charge is 2.19. The van der Waals surface area contributed by atoms with Crippen LogP contribution in [0.3, 0.4) is 0 Å². The predicted octanol–water partition coefficient (Wildman–Crippen LogP) is 4.40. The molecule has 0 aliphatic rings. The van der Waals surface area contributed by atoms with Crippen molar-refractivity contribution in [3.8, 4) is 22.8 Å². The molecule has 0 aliphatic carbocycles. The van der Waals surface area contributed by atoms with E-state index in [1.54, 1.807) is 30.3 Å². The summed E-state index contributed by atoms with van der Waals surface area (Å²) in [5, 5.41) is 3.34. The lowest BCUT2D eigenvalue weighted by Gasteiger charge is -2.16. The molecule has 0 radical (unpaired) electrons. The third-order valence-electron chi connectivity index (χ3n) is 4.04. The number of halogens is 2. The fourth-order valence-electron chi connectivity index (χ4n) is 2.75. The van der Waals surface area contributed by atoms with Gasteiger partial charge in [0, 0.05) is 12.6 Å². The molecule has 0 saturated carbocycles. The smallest absolute Gasteiger partial charge is 0.207 e. The van der Waals surface area contributed by atoms with Crippen molar-refractivity contribution in [2.75, 3.05) is 20.3 Å². The summed E-state index contributed by atoms with van der Waals surface area (Å²) in [5.41, 5.74) is 0.677. The Bertz CT molecular complexity index is 1070. The number of para-hydroxylation sites is 1. The number of ether oxygens (including phenoxy) is 2. The molecule has 6 nitrogen and oxygen atoms in total. The van der Waals surface area contributed by atoms with Gasteiger partial charge in [0.25, 0.3) is 0 Å². The Hall–Kier alpha value is -2.51. The lowest BCUT2D eigenvalue weighted by Crippen LogP contribution is -2.15. The molecule has 3 aromatic rings. The van der Waals surface area contributed by atoms with Crippen molar-refractivity contribution in [2.45, 2.75) is 6.42 Å². The van der Waals surface area contributed by atoms with Crippen LogP contribution in [0.2, 0.25) is 5.02 Å². The topological polar surface area (TPSA) is 77.8 Å².